The zero-order valence-corrected chi connectivity index (χ0v) is 11.8. The lowest BCUT2D eigenvalue weighted by atomic mass is 10.3. The van der Waals surface area contributed by atoms with Gasteiger partial charge in [-0.05, 0) is 25.3 Å². The molecule has 0 aliphatic heterocycles. The van der Waals surface area contributed by atoms with E-state index in [2.05, 4.69) is 22.5 Å². The van der Waals surface area contributed by atoms with Gasteiger partial charge in [-0.2, -0.15) is 0 Å². The first kappa shape index (κ1) is 14.1. The van der Waals surface area contributed by atoms with Crippen LogP contribution in [0, 0.1) is 0 Å². The number of hydrogen-bond donors (Lipinski definition) is 2. The number of nitrogens with one attached hydrogen (secondary N) is 2. The molecule has 0 spiro atoms. The zero-order valence-electron chi connectivity index (χ0n) is 11.8. The fourth-order valence-corrected chi connectivity index (χ4v) is 2.37. The quantitative estimate of drug-likeness (QED) is 0.707. The van der Waals surface area contributed by atoms with E-state index in [1.54, 1.807) is 0 Å². The standard InChI is InChI=1S/C15H25N3O/c1-2-8-17-15-12-13(7-9-18-15)16-10-11-19-14-5-3-4-6-14/h7,9,12,14H,2-6,8,10-11H2,1H3,(H2,16,17,18). The van der Waals surface area contributed by atoms with E-state index in [1.165, 1.54) is 25.7 Å². The summed E-state index contributed by atoms with van der Waals surface area (Å²) >= 11 is 0. The molecule has 0 aromatic carbocycles. The SMILES string of the molecule is CCCNc1cc(NCCOC2CCCC2)ccn1. The highest BCUT2D eigenvalue weighted by Crippen LogP contribution is 2.20. The van der Waals surface area contributed by atoms with Gasteiger partial charge in [0.05, 0.1) is 12.7 Å². The summed E-state index contributed by atoms with van der Waals surface area (Å²) in [5.41, 5.74) is 1.10. The molecule has 2 rings (SSSR count). The minimum atomic E-state index is 0.501. The maximum Gasteiger partial charge on any atom is 0.127 e. The van der Waals surface area contributed by atoms with Crippen LogP contribution < -0.4 is 10.6 Å². The summed E-state index contributed by atoms with van der Waals surface area (Å²) in [6.07, 6.45) is 8.57. The molecule has 0 atom stereocenters. The molecular weight excluding hydrogens is 238 g/mol. The molecule has 0 radical (unpaired) electrons. The summed E-state index contributed by atoms with van der Waals surface area (Å²) in [7, 11) is 0. The highest BCUT2D eigenvalue weighted by Gasteiger charge is 2.14. The normalized spacial score (nSPS) is 15.6. The van der Waals surface area contributed by atoms with Gasteiger partial charge in [-0.3, -0.25) is 0 Å². The van der Waals surface area contributed by atoms with Gasteiger partial charge in [-0.25, -0.2) is 4.98 Å². The molecule has 106 valence electrons. The van der Waals surface area contributed by atoms with E-state index < -0.39 is 0 Å². The van der Waals surface area contributed by atoms with Crippen molar-refractivity contribution >= 4 is 11.5 Å². The summed E-state index contributed by atoms with van der Waals surface area (Å²) < 4.78 is 5.83. The lowest BCUT2D eigenvalue weighted by Crippen LogP contribution is -2.15. The van der Waals surface area contributed by atoms with Gasteiger partial charge in [0.1, 0.15) is 5.82 Å². The minimum absolute atomic E-state index is 0.501. The number of pyridine rings is 1. The van der Waals surface area contributed by atoms with Crippen molar-refractivity contribution in [1.82, 2.24) is 4.98 Å². The highest BCUT2D eigenvalue weighted by molar-refractivity contribution is 5.51. The first-order chi connectivity index (χ1) is 9.38. The molecule has 4 nitrogen and oxygen atoms in total. The molecule has 1 aliphatic rings. The Morgan fingerprint density at radius 1 is 1.26 bits per heavy atom. The molecule has 1 aliphatic carbocycles. The molecular formula is C15H25N3O. The summed E-state index contributed by atoms with van der Waals surface area (Å²) in [6.45, 7) is 4.75. The monoisotopic (exact) mass is 263 g/mol. The molecule has 0 saturated heterocycles. The van der Waals surface area contributed by atoms with Gasteiger partial charge >= 0.3 is 0 Å². The highest BCUT2D eigenvalue weighted by atomic mass is 16.5. The van der Waals surface area contributed by atoms with Gasteiger partial charge in [0, 0.05) is 31.0 Å². The van der Waals surface area contributed by atoms with E-state index >= 15 is 0 Å². The Kier molecular flexibility index (Phi) is 5.95. The van der Waals surface area contributed by atoms with Crippen molar-refractivity contribution in [1.29, 1.82) is 0 Å². The zero-order chi connectivity index (χ0) is 13.3. The third-order valence-corrected chi connectivity index (χ3v) is 3.40. The number of aromatic nitrogens is 1. The van der Waals surface area contributed by atoms with Crippen LogP contribution in [0.2, 0.25) is 0 Å². The van der Waals surface area contributed by atoms with Crippen molar-refractivity contribution in [3.8, 4) is 0 Å². The topological polar surface area (TPSA) is 46.2 Å². The summed E-state index contributed by atoms with van der Waals surface area (Å²) in [6, 6.07) is 4.04. The lowest BCUT2D eigenvalue weighted by molar-refractivity contribution is 0.0659. The Morgan fingerprint density at radius 2 is 2.11 bits per heavy atom. The van der Waals surface area contributed by atoms with Gasteiger partial charge in [0.25, 0.3) is 0 Å². The molecule has 0 unspecified atom stereocenters. The van der Waals surface area contributed by atoms with Crippen LogP contribution in [0.4, 0.5) is 11.5 Å². The number of ether oxygens (including phenoxy) is 1. The van der Waals surface area contributed by atoms with Gasteiger partial charge in [-0.15, -0.1) is 0 Å². The largest absolute Gasteiger partial charge is 0.383 e. The number of anilines is 2. The maximum absolute atomic E-state index is 5.83. The van der Waals surface area contributed by atoms with Gasteiger partial charge in [-0.1, -0.05) is 19.8 Å². The Balaban J connectivity index is 1.66. The van der Waals surface area contributed by atoms with Crippen LogP contribution in [-0.2, 0) is 4.74 Å². The lowest BCUT2D eigenvalue weighted by Gasteiger charge is -2.12. The van der Waals surface area contributed by atoms with Crippen LogP contribution in [-0.4, -0.2) is 30.8 Å². The maximum atomic E-state index is 5.83. The van der Waals surface area contributed by atoms with Crippen LogP contribution in [0.25, 0.3) is 0 Å². The van der Waals surface area contributed by atoms with Crippen molar-refractivity contribution in [2.45, 2.75) is 45.1 Å². The van der Waals surface area contributed by atoms with Gasteiger partial charge < -0.3 is 15.4 Å². The number of nitrogens with zero attached hydrogens (tertiary/aromatic N) is 1. The van der Waals surface area contributed by atoms with E-state index in [0.717, 1.165) is 37.6 Å². The van der Waals surface area contributed by atoms with Crippen molar-refractivity contribution < 1.29 is 4.74 Å². The van der Waals surface area contributed by atoms with E-state index in [-0.39, 0.29) is 0 Å². The second-order valence-corrected chi connectivity index (χ2v) is 5.06. The summed E-state index contributed by atoms with van der Waals surface area (Å²) in [5, 5.41) is 6.67. The van der Waals surface area contributed by atoms with E-state index in [4.69, 9.17) is 4.74 Å². The smallest absolute Gasteiger partial charge is 0.127 e. The molecule has 4 heteroatoms. The Morgan fingerprint density at radius 3 is 2.89 bits per heavy atom. The molecule has 1 saturated carbocycles. The van der Waals surface area contributed by atoms with Crippen LogP contribution in [0.15, 0.2) is 18.3 Å². The predicted molar refractivity (Wildman–Crippen MR) is 79.7 cm³/mol. The third-order valence-electron chi connectivity index (χ3n) is 3.40. The van der Waals surface area contributed by atoms with Crippen molar-refractivity contribution in [2.75, 3.05) is 30.3 Å². The average molecular weight is 263 g/mol. The Bertz CT molecular complexity index is 364. The van der Waals surface area contributed by atoms with Crippen molar-refractivity contribution in [3.05, 3.63) is 18.3 Å². The van der Waals surface area contributed by atoms with Gasteiger partial charge in [0.2, 0.25) is 0 Å². The molecule has 1 fully saturated rings. The molecule has 0 bridgehead atoms. The molecule has 1 aromatic rings. The van der Waals surface area contributed by atoms with Crippen LogP contribution >= 0.6 is 0 Å². The van der Waals surface area contributed by atoms with Crippen LogP contribution in [0.5, 0.6) is 0 Å². The molecule has 19 heavy (non-hydrogen) atoms. The Hall–Kier alpha value is -1.29. The third kappa shape index (κ3) is 5.07. The summed E-state index contributed by atoms with van der Waals surface area (Å²) in [4.78, 5) is 4.29. The fraction of sp³-hybridized carbons (Fsp3) is 0.667. The fourth-order valence-electron chi connectivity index (χ4n) is 2.37. The second kappa shape index (κ2) is 8.00. The predicted octanol–water partition coefficient (Wildman–Crippen LogP) is 3.27. The van der Waals surface area contributed by atoms with Crippen LogP contribution in [0.3, 0.4) is 0 Å². The molecule has 1 aromatic heterocycles. The van der Waals surface area contributed by atoms with Crippen LogP contribution in [0.1, 0.15) is 39.0 Å². The first-order valence-electron chi connectivity index (χ1n) is 7.44. The van der Waals surface area contributed by atoms with Gasteiger partial charge in [0.15, 0.2) is 0 Å². The first-order valence-corrected chi connectivity index (χ1v) is 7.44. The minimum Gasteiger partial charge on any atom is -0.383 e. The van der Waals surface area contributed by atoms with E-state index in [9.17, 15) is 0 Å². The summed E-state index contributed by atoms with van der Waals surface area (Å²) in [5.74, 6) is 0.934. The van der Waals surface area contributed by atoms with E-state index in [0.29, 0.717) is 6.10 Å². The molecule has 2 N–H and O–H groups in total. The van der Waals surface area contributed by atoms with E-state index in [1.807, 2.05) is 18.3 Å². The molecule has 0 amide bonds. The second-order valence-electron chi connectivity index (χ2n) is 5.06. The number of hydrogen-bond acceptors (Lipinski definition) is 4. The Labute approximate surface area is 116 Å². The number of rotatable bonds is 8. The molecule has 1 heterocycles. The van der Waals surface area contributed by atoms with Crippen molar-refractivity contribution in [2.24, 2.45) is 0 Å². The average Bonchev–Trinajstić information content (AvgIpc) is 2.95. The van der Waals surface area contributed by atoms with Crippen molar-refractivity contribution in [3.63, 3.8) is 0 Å².